The van der Waals surface area contributed by atoms with Crippen molar-refractivity contribution in [3.05, 3.63) is 59.7 Å². The highest BCUT2D eigenvalue weighted by Gasteiger charge is 2.33. The maximum atomic E-state index is 12.3. The molecule has 0 unspecified atom stereocenters. The number of rotatable bonds is 6. The number of alkyl carbamates (subject to hydrolysis) is 1. The van der Waals surface area contributed by atoms with Crippen LogP contribution in [0.2, 0.25) is 0 Å². The van der Waals surface area contributed by atoms with Crippen LogP contribution in [0.3, 0.4) is 0 Å². The Hall–Kier alpha value is -3.35. The molecule has 2 aromatic rings. The zero-order valence-corrected chi connectivity index (χ0v) is 17.5. The Morgan fingerprint density at radius 1 is 1.00 bits per heavy atom. The number of fused-ring (bicyclic) bond motifs is 3. The summed E-state index contributed by atoms with van der Waals surface area (Å²) >= 11 is 0. The Morgan fingerprint density at radius 3 is 2.07 bits per heavy atom. The van der Waals surface area contributed by atoms with Crippen molar-refractivity contribution in [2.75, 3.05) is 13.7 Å². The molecule has 0 bridgehead atoms. The number of methoxy groups -OCH3 is 1. The fourth-order valence-corrected chi connectivity index (χ4v) is 3.60. The SMILES string of the molecule is COC(=O)C(C)(C)NC(=O)[C@H](C)NC(=O)OCC1c2ccccc2-c2ccccc21. The molecule has 1 aliphatic carbocycles. The number of amides is 2. The summed E-state index contributed by atoms with van der Waals surface area (Å²) in [4.78, 5) is 36.3. The Balaban J connectivity index is 1.60. The molecule has 2 N–H and O–H groups in total. The average Bonchev–Trinajstić information content (AvgIpc) is 3.05. The van der Waals surface area contributed by atoms with Crippen LogP contribution in [-0.4, -0.2) is 43.3 Å². The second-order valence-corrected chi connectivity index (χ2v) is 7.80. The van der Waals surface area contributed by atoms with Crippen molar-refractivity contribution in [3.8, 4) is 11.1 Å². The summed E-state index contributed by atoms with van der Waals surface area (Å²) in [5.41, 5.74) is 3.29. The van der Waals surface area contributed by atoms with Crippen molar-refractivity contribution in [1.82, 2.24) is 10.6 Å². The lowest BCUT2D eigenvalue weighted by Gasteiger charge is -2.25. The van der Waals surface area contributed by atoms with Crippen LogP contribution >= 0.6 is 0 Å². The van der Waals surface area contributed by atoms with Crippen LogP contribution < -0.4 is 10.6 Å². The lowest BCUT2D eigenvalue weighted by atomic mass is 9.98. The molecule has 0 radical (unpaired) electrons. The van der Waals surface area contributed by atoms with Gasteiger partial charge in [0.15, 0.2) is 0 Å². The van der Waals surface area contributed by atoms with Gasteiger partial charge in [-0.05, 0) is 43.0 Å². The minimum Gasteiger partial charge on any atom is -0.467 e. The van der Waals surface area contributed by atoms with Crippen molar-refractivity contribution in [1.29, 1.82) is 0 Å². The summed E-state index contributed by atoms with van der Waals surface area (Å²) in [7, 11) is 1.24. The fraction of sp³-hybridized carbons (Fsp3) is 0.348. The largest absolute Gasteiger partial charge is 0.467 e. The number of hydrogen-bond acceptors (Lipinski definition) is 5. The highest BCUT2D eigenvalue weighted by Crippen LogP contribution is 2.44. The van der Waals surface area contributed by atoms with E-state index in [0.29, 0.717) is 0 Å². The van der Waals surface area contributed by atoms with Gasteiger partial charge in [0.1, 0.15) is 18.2 Å². The van der Waals surface area contributed by atoms with Crippen molar-refractivity contribution in [2.24, 2.45) is 0 Å². The molecule has 158 valence electrons. The molecule has 0 saturated carbocycles. The van der Waals surface area contributed by atoms with Gasteiger partial charge in [0, 0.05) is 5.92 Å². The summed E-state index contributed by atoms with van der Waals surface area (Å²) in [6, 6.07) is 15.2. The maximum Gasteiger partial charge on any atom is 0.407 e. The van der Waals surface area contributed by atoms with E-state index in [0.717, 1.165) is 22.3 Å². The number of ether oxygens (including phenoxy) is 2. The topological polar surface area (TPSA) is 93.7 Å². The highest BCUT2D eigenvalue weighted by atomic mass is 16.5. The molecule has 30 heavy (non-hydrogen) atoms. The van der Waals surface area contributed by atoms with Gasteiger partial charge >= 0.3 is 12.1 Å². The predicted octanol–water partition coefficient (Wildman–Crippen LogP) is 2.98. The first kappa shape index (κ1) is 21.4. The molecule has 3 rings (SSSR count). The molecule has 0 fully saturated rings. The molecule has 7 nitrogen and oxygen atoms in total. The van der Waals surface area contributed by atoms with E-state index in [1.54, 1.807) is 0 Å². The highest BCUT2D eigenvalue weighted by molar-refractivity contribution is 5.91. The van der Waals surface area contributed by atoms with Crippen molar-refractivity contribution in [3.63, 3.8) is 0 Å². The Kier molecular flexibility index (Phi) is 6.10. The van der Waals surface area contributed by atoms with E-state index in [4.69, 9.17) is 4.74 Å². The molecule has 0 heterocycles. The van der Waals surface area contributed by atoms with E-state index in [9.17, 15) is 14.4 Å². The van der Waals surface area contributed by atoms with Gasteiger partial charge in [0.2, 0.25) is 5.91 Å². The van der Waals surface area contributed by atoms with Crippen molar-refractivity contribution >= 4 is 18.0 Å². The van der Waals surface area contributed by atoms with Gasteiger partial charge < -0.3 is 20.1 Å². The van der Waals surface area contributed by atoms with Crippen LogP contribution in [0.4, 0.5) is 4.79 Å². The number of carbonyl (C=O) groups excluding carboxylic acids is 3. The predicted molar refractivity (Wildman–Crippen MR) is 112 cm³/mol. The van der Waals surface area contributed by atoms with Crippen LogP contribution in [0.25, 0.3) is 11.1 Å². The number of carbonyl (C=O) groups is 3. The van der Waals surface area contributed by atoms with Crippen LogP contribution in [0.5, 0.6) is 0 Å². The van der Waals surface area contributed by atoms with Crippen LogP contribution in [0.15, 0.2) is 48.5 Å². The number of benzene rings is 2. The van der Waals surface area contributed by atoms with E-state index in [1.807, 2.05) is 36.4 Å². The Morgan fingerprint density at radius 2 is 1.53 bits per heavy atom. The first-order valence-corrected chi connectivity index (χ1v) is 9.76. The fourth-order valence-electron chi connectivity index (χ4n) is 3.60. The van der Waals surface area contributed by atoms with Crippen LogP contribution in [-0.2, 0) is 19.1 Å². The van der Waals surface area contributed by atoms with E-state index >= 15 is 0 Å². The van der Waals surface area contributed by atoms with Crippen molar-refractivity contribution in [2.45, 2.75) is 38.3 Å². The lowest BCUT2D eigenvalue weighted by Crippen LogP contribution is -2.56. The van der Waals surface area contributed by atoms with Gasteiger partial charge in [-0.15, -0.1) is 0 Å². The van der Waals surface area contributed by atoms with Gasteiger partial charge in [0.25, 0.3) is 0 Å². The summed E-state index contributed by atoms with van der Waals surface area (Å²) in [5, 5.41) is 5.06. The summed E-state index contributed by atoms with van der Waals surface area (Å²) in [6.07, 6.45) is -0.699. The quantitative estimate of drug-likeness (QED) is 0.714. The minimum atomic E-state index is -1.21. The minimum absolute atomic E-state index is 0.0643. The molecule has 0 saturated heterocycles. The molecule has 1 aliphatic rings. The molecular weight excluding hydrogens is 384 g/mol. The number of esters is 1. The molecule has 0 aromatic heterocycles. The second kappa shape index (κ2) is 8.57. The summed E-state index contributed by atoms with van der Waals surface area (Å²) in [6.45, 7) is 4.72. The summed E-state index contributed by atoms with van der Waals surface area (Å²) < 4.78 is 10.1. The van der Waals surface area contributed by atoms with Gasteiger partial charge in [-0.2, -0.15) is 0 Å². The molecule has 1 atom stereocenters. The monoisotopic (exact) mass is 410 g/mol. The molecule has 2 aromatic carbocycles. The maximum absolute atomic E-state index is 12.3. The van der Waals surface area contributed by atoms with Gasteiger partial charge in [-0.1, -0.05) is 48.5 Å². The molecule has 0 spiro atoms. The molecule has 2 amide bonds. The molecular formula is C23H26N2O5. The van der Waals surface area contributed by atoms with Gasteiger partial charge in [-0.25, -0.2) is 9.59 Å². The zero-order chi connectivity index (χ0) is 21.9. The van der Waals surface area contributed by atoms with E-state index < -0.39 is 29.6 Å². The van der Waals surface area contributed by atoms with E-state index in [-0.39, 0.29) is 12.5 Å². The standard InChI is InChI=1S/C23H26N2O5/c1-14(20(26)25-23(2,3)21(27)29-4)24-22(28)30-13-19-17-11-7-5-9-15(17)16-10-6-8-12-18(16)19/h5-12,14,19H,13H2,1-4H3,(H,24,28)(H,25,26)/t14-/m0/s1. The van der Waals surface area contributed by atoms with E-state index in [1.165, 1.54) is 27.9 Å². The molecule has 7 heteroatoms. The first-order chi connectivity index (χ1) is 14.2. The number of nitrogens with one attached hydrogen (secondary N) is 2. The van der Waals surface area contributed by atoms with Crippen LogP contribution in [0.1, 0.15) is 37.8 Å². The molecule has 0 aliphatic heterocycles. The Labute approximate surface area is 175 Å². The van der Waals surface area contributed by atoms with E-state index in [2.05, 4.69) is 27.5 Å². The Bertz CT molecular complexity index is 924. The summed E-state index contributed by atoms with van der Waals surface area (Å²) in [5.74, 6) is -1.16. The third-order valence-electron chi connectivity index (χ3n) is 5.20. The lowest BCUT2D eigenvalue weighted by molar-refractivity contribution is -0.149. The normalized spacial score (nSPS) is 13.6. The van der Waals surface area contributed by atoms with Gasteiger partial charge in [-0.3, -0.25) is 4.79 Å². The van der Waals surface area contributed by atoms with Crippen molar-refractivity contribution < 1.29 is 23.9 Å². The number of hydrogen-bond donors (Lipinski definition) is 2. The zero-order valence-electron chi connectivity index (χ0n) is 17.5. The smallest absolute Gasteiger partial charge is 0.407 e. The third kappa shape index (κ3) is 4.30. The second-order valence-electron chi connectivity index (χ2n) is 7.80. The van der Waals surface area contributed by atoms with Crippen LogP contribution in [0, 0.1) is 0 Å². The third-order valence-corrected chi connectivity index (χ3v) is 5.20. The van der Waals surface area contributed by atoms with Gasteiger partial charge in [0.05, 0.1) is 7.11 Å². The average molecular weight is 410 g/mol. The first-order valence-electron chi connectivity index (χ1n) is 9.76.